The van der Waals surface area contributed by atoms with Crippen molar-refractivity contribution in [1.82, 2.24) is 0 Å². The third-order valence-electron chi connectivity index (χ3n) is 33.8. The Morgan fingerprint density at radius 1 is 0.385 bits per heavy atom. The summed E-state index contributed by atoms with van der Waals surface area (Å²) in [5.41, 5.74) is -2.70. The van der Waals surface area contributed by atoms with Crippen LogP contribution in [-0.2, 0) is 152 Å². The molecule has 808 valence electrons. The molecule has 143 heavy (non-hydrogen) atoms. The summed E-state index contributed by atoms with van der Waals surface area (Å²) in [4.78, 5) is 140. The Morgan fingerprint density at radius 2 is 0.720 bits per heavy atom. The van der Waals surface area contributed by atoms with Crippen LogP contribution in [0.4, 0.5) is 0 Å². The Hall–Kier alpha value is -7.74. The maximum absolute atomic E-state index is 12.4. The van der Waals surface area contributed by atoms with E-state index in [9.17, 15) is 84.6 Å². The maximum atomic E-state index is 12.4. The lowest BCUT2D eigenvalue weighted by Crippen LogP contribution is -2.61. The Balaban J connectivity index is 0.000000168. The Morgan fingerprint density at radius 3 is 1.09 bits per heavy atom. The highest BCUT2D eigenvalue weighted by molar-refractivity contribution is 7.88. The fourth-order valence-electron chi connectivity index (χ4n) is 25.1. The first-order valence-corrected chi connectivity index (χ1v) is 53.7. The molecule has 0 radical (unpaired) electrons. The average molecular weight is 2060 g/mol. The molecule has 0 spiro atoms. The molecule has 22 aliphatic rings. The summed E-state index contributed by atoms with van der Waals surface area (Å²) in [6.07, 6.45) is 21.6. The summed E-state index contributed by atoms with van der Waals surface area (Å²) in [6.45, 7) is 46.5. The lowest BCUT2D eigenvalue weighted by Gasteiger charge is -2.59. The van der Waals surface area contributed by atoms with Crippen molar-refractivity contribution >= 4 is 91.9 Å². The van der Waals surface area contributed by atoms with Crippen LogP contribution in [0, 0.1) is 80.8 Å². The Labute approximate surface area is 846 Å². The molecule has 8 saturated heterocycles. The molecule has 36 heteroatoms. The maximum Gasteiger partial charge on any atom is 0.344 e. The van der Waals surface area contributed by atoms with Crippen LogP contribution >= 0.6 is 0 Å². The first-order valence-electron chi connectivity index (χ1n) is 50.8. The van der Waals surface area contributed by atoms with E-state index in [0.717, 1.165) is 89.9 Å². The molecular formula is C107H164O34S2. The summed E-state index contributed by atoms with van der Waals surface area (Å²) in [6, 6.07) is 0. The molecule has 22 rings (SSSR count). The van der Waals surface area contributed by atoms with Gasteiger partial charge in [-0.05, 0) is 300 Å². The van der Waals surface area contributed by atoms with Crippen LogP contribution in [0.1, 0.15) is 340 Å². The molecular weight excluding hydrogens is 1890 g/mol. The normalized spacial score (nSPS) is 36.8. The third-order valence-corrected chi connectivity index (χ3v) is 37.3. The average Bonchev–Trinajstić information content (AvgIpc) is 1.26. The van der Waals surface area contributed by atoms with Crippen LogP contribution in [0.15, 0.2) is 48.6 Å². The second kappa shape index (κ2) is 44.2. The number of ether oxygens (including phenoxy) is 14. The van der Waals surface area contributed by atoms with Crippen molar-refractivity contribution in [2.24, 2.45) is 80.8 Å². The van der Waals surface area contributed by atoms with Crippen molar-refractivity contribution in [3.63, 3.8) is 0 Å². The molecule has 8 aliphatic heterocycles. The molecule has 0 aromatic heterocycles. The predicted octanol–water partition coefficient (Wildman–Crippen LogP) is 15.3. The van der Waals surface area contributed by atoms with Gasteiger partial charge in [0.05, 0.1) is 67.4 Å². The minimum Gasteiger partial charge on any atom is -0.459 e. The van der Waals surface area contributed by atoms with Gasteiger partial charge in [-0.2, -0.15) is 16.8 Å². The van der Waals surface area contributed by atoms with Gasteiger partial charge in [0.1, 0.15) is 59.0 Å². The van der Waals surface area contributed by atoms with Crippen LogP contribution < -0.4 is 0 Å². The summed E-state index contributed by atoms with van der Waals surface area (Å²) in [5.74, 6) is -2.54. The molecule has 22 fully saturated rings. The van der Waals surface area contributed by atoms with Crippen molar-refractivity contribution in [1.29, 1.82) is 0 Å². The molecule has 14 saturated carbocycles. The molecule has 24 unspecified atom stereocenters. The number of carbonyl (C=O) groups is 12. The molecule has 0 amide bonds. The van der Waals surface area contributed by atoms with Gasteiger partial charge in [-0.25, -0.2) is 28.8 Å². The van der Waals surface area contributed by atoms with Crippen LogP contribution in [0.3, 0.4) is 0 Å². The lowest BCUT2D eigenvalue weighted by molar-refractivity contribution is -0.225. The number of fused-ring (bicyclic) bond motifs is 4. The van der Waals surface area contributed by atoms with E-state index in [0.29, 0.717) is 105 Å². The van der Waals surface area contributed by atoms with E-state index in [2.05, 4.69) is 33.2 Å². The van der Waals surface area contributed by atoms with Crippen molar-refractivity contribution < 1.29 is 159 Å². The van der Waals surface area contributed by atoms with Crippen LogP contribution in [0.25, 0.3) is 0 Å². The van der Waals surface area contributed by atoms with Gasteiger partial charge in [0, 0.05) is 58.8 Å². The Kier molecular flexibility index (Phi) is 36.2. The lowest BCUT2D eigenvalue weighted by atomic mass is 9.52. The fraction of sp³-hybridized carbons (Fsp3) is 0.813. The predicted molar refractivity (Wildman–Crippen MR) is 521 cm³/mol. The van der Waals surface area contributed by atoms with Crippen molar-refractivity contribution in [2.45, 2.75) is 457 Å². The molecule has 24 atom stereocenters. The second-order valence-corrected chi connectivity index (χ2v) is 50.8. The highest BCUT2D eigenvalue weighted by Gasteiger charge is 2.70. The fourth-order valence-corrected chi connectivity index (χ4v) is 28.9. The minimum atomic E-state index is -3.53. The van der Waals surface area contributed by atoms with Gasteiger partial charge in [0.15, 0.2) is 37.6 Å². The SMILES string of the molecule is C.C.C.C=C(C)C(=O)OC1(C)CCCC1.C=C(C)C(=O)OC12CC3CC(CC(O)(C3)C1)C2.C=C(C)C(=O)OC1C2CC3C(=O)OC1C3O2.C=C(C)C(=O)OCC(=O)OC1C2CC3C1OS(=O)(=O)C3C2.CCC(C)(C)C(=O)OC1(C)CCCC1.CCC(C)(C)C(=O)OC12CC3CC(CC(O)(C3)C1)C2.CCC(C)(C)C(=O)OC1C2CC3C(=O)OC1C3O2.CCC(C)(C)C(=O)OCC(=O)OC1C2CC3C1OS(=O)(=O)C3C2. The Bertz CT molecular complexity index is 5000. The number of carbonyl (C=O) groups excluding carboxylic acids is 12. The van der Waals surface area contributed by atoms with E-state index in [-0.39, 0.29) is 152 Å². The minimum absolute atomic E-state index is 0. The molecule has 14 aliphatic carbocycles. The monoisotopic (exact) mass is 2060 g/mol. The quantitative estimate of drug-likeness (QED) is 0.0392. The van der Waals surface area contributed by atoms with E-state index >= 15 is 0 Å². The zero-order valence-corrected chi connectivity index (χ0v) is 86.7. The van der Waals surface area contributed by atoms with Gasteiger partial charge in [-0.1, -0.05) is 76.3 Å². The smallest absolute Gasteiger partial charge is 0.344 e. The van der Waals surface area contributed by atoms with Gasteiger partial charge < -0.3 is 76.5 Å². The summed E-state index contributed by atoms with van der Waals surface area (Å²) in [5, 5.41) is 20.3. The van der Waals surface area contributed by atoms with Crippen molar-refractivity contribution in [3.8, 4) is 0 Å². The van der Waals surface area contributed by atoms with Crippen molar-refractivity contribution in [2.75, 3.05) is 13.2 Å². The molecule has 2 N–H and O–H groups in total. The van der Waals surface area contributed by atoms with Crippen molar-refractivity contribution in [3.05, 3.63) is 48.6 Å². The highest BCUT2D eigenvalue weighted by atomic mass is 32.2. The first-order chi connectivity index (χ1) is 65.0. The van der Waals surface area contributed by atoms with E-state index in [1.54, 1.807) is 34.6 Å². The van der Waals surface area contributed by atoms with Gasteiger partial charge in [-0.3, -0.25) is 37.1 Å². The zero-order chi connectivity index (χ0) is 103. The summed E-state index contributed by atoms with van der Waals surface area (Å²) in [7, 11) is -7.05. The highest BCUT2D eigenvalue weighted by Crippen LogP contribution is 2.63. The van der Waals surface area contributed by atoms with E-state index < -0.39 is 156 Å². The standard InChI is InChI=1S/C16H26O3.C15H22O7S.C14H20O3.C13H16O7S.C13H18O5.C12H22O2.C11H12O5.C10H16O2.3CH4/c1-4-14(2,3)13(17)19-16-8-11-5-12(9-16)7-15(18,6-11)10-16;1-4-15(2,3)14(17)20-7-11(16)21-12-8-5-9-10(6-8)23(18,19)22-13(9)12;1-9(2)12(15)17-14-6-10-3-11(7-14)5-13(16,4-10)8-14;1-6(2)13(15)18-5-10(14)19-11-7-3-8-9(4-7)21(16,17)20-12(8)11;1-4-13(2,3)12(15)18-9-7-5-6-8(16-7)10(9)17-11(6)14;1-5-11(2,3)10(13)14-12(4)8-6-7-9-12;1-4(2)10(12)15-8-6-3-5-7(14-6)9(8)16-11(5)13;1-8(2)9(11)12-10(3)6-4-5-7-10;;;/h11-12,18H,4-10H2,1-3H3;8-10,12-13H,4-7H2,1-3H3;10-11,16H,1,3-8H2,2H3;7-9,11-12H,1,3-5H2,2H3;6-10H,4-5H2,1-3H3;5-9H2,1-4H3;5-9H,1,3H2,2H3;1,4-7H2,2-3H3;3*1H4. The summed E-state index contributed by atoms with van der Waals surface area (Å²) < 4.78 is 133. The molecule has 0 aromatic carbocycles. The number of esters is 12. The number of aliphatic hydroxyl groups is 2. The number of hydrogen-bond acceptors (Lipinski definition) is 34. The molecule has 34 nitrogen and oxygen atoms in total. The van der Waals surface area contributed by atoms with E-state index in [1.165, 1.54) is 45.4 Å². The van der Waals surface area contributed by atoms with Gasteiger partial charge in [0.2, 0.25) is 0 Å². The molecule has 16 bridgehead atoms. The van der Waals surface area contributed by atoms with E-state index in [1.807, 2.05) is 76.2 Å². The molecule has 8 heterocycles. The second-order valence-electron chi connectivity index (χ2n) is 47.2. The number of hydrogen-bond donors (Lipinski definition) is 2. The molecule has 0 aromatic rings. The van der Waals surface area contributed by atoms with Crippen LogP contribution in [0.5, 0.6) is 0 Å². The van der Waals surface area contributed by atoms with Crippen LogP contribution in [0.2, 0.25) is 0 Å². The van der Waals surface area contributed by atoms with Gasteiger partial charge in [0.25, 0.3) is 20.2 Å². The topological polar surface area (TPSA) is 461 Å². The summed E-state index contributed by atoms with van der Waals surface area (Å²) >= 11 is 0. The first kappa shape index (κ1) is 117. The largest absolute Gasteiger partial charge is 0.459 e. The zero-order valence-electron chi connectivity index (χ0n) is 85.1. The number of rotatable bonds is 24. The van der Waals surface area contributed by atoms with Gasteiger partial charge >= 0.3 is 71.6 Å². The van der Waals surface area contributed by atoms with Gasteiger partial charge in [-0.15, -0.1) is 0 Å². The van der Waals surface area contributed by atoms with Crippen LogP contribution in [-0.4, -0.2) is 229 Å². The third kappa shape index (κ3) is 25.7. The van der Waals surface area contributed by atoms with E-state index in [4.69, 9.17) is 74.7 Å².